The highest BCUT2D eigenvalue weighted by Gasteiger charge is 2.23. The smallest absolute Gasteiger partial charge is 0.0672 e. The average molecular weight is 235 g/mol. The zero-order valence-corrected chi connectivity index (χ0v) is 11.4. The highest BCUT2D eigenvalue weighted by molar-refractivity contribution is 5.29. The fourth-order valence-corrected chi connectivity index (χ4v) is 2.62. The molecule has 17 heavy (non-hydrogen) atoms. The van der Waals surface area contributed by atoms with Crippen molar-refractivity contribution < 1.29 is 0 Å². The van der Waals surface area contributed by atoms with Crippen LogP contribution in [0.1, 0.15) is 63.0 Å². The summed E-state index contributed by atoms with van der Waals surface area (Å²) in [5.41, 5.74) is 9.95. The van der Waals surface area contributed by atoms with Crippen LogP contribution >= 0.6 is 0 Å². The zero-order valence-electron chi connectivity index (χ0n) is 11.4. The van der Waals surface area contributed by atoms with Gasteiger partial charge in [0.05, 0.1) is 5.69 Å². The molecule has 96 valence electrons. The van der Waals surface area contributed by atoms with Crippen molar-refractivity contribution in [1.82, 2.24) is 9.78 Å². The van der Waals surface area contributed by atoms with Gasteiger partial charge in [0, 0.05) is 23.8 Å². The average Bonchev–Trinajstić information content (AvgIpc) is 3.05. The highest BCUT2D eigenvalue weighted by Crippen LogP contribution is 2.33. The predicted octanol–water partition coefficient (Wildman–Crippen LogP) is 2.83. The molecule has 1 saturated carbocycles. The fraction of sp³-hybridized carbons (Fsp3) is 0.786. The number of aryl methyl sites for hydroxylation is 2. The van der Waals surface area contributed by atoms with E-state index in [1.165, 1.54) is 36.2 Å². The molecule has 2 N–H and O–H groups in total. The van der Waals surface area contributed by atoms with E-state index in [2.05, 4.69) is 25.5 Å². The van der Waals surface area contributed by atoms with Gasteiger partial charge in [-0.25, -0.2) is 0 Å². The van der Waals surface area contributed by atoms with Gasteiger partial charge < -0.3 is 5.73 Å². The minimum Gasteiger partial charge on any atom is -0.324 e. The van der Waals surface area contributed by atoms with Crippen molar-refractivity contribution in [3.8, 4) is 0 Å². The second-order valence-corrected chi connectivity index (χ2v) is 5.26. The van der Waals surface area contributed by atoms with Crippen molar-refractivity contribution in [3.05, 3.63) is 17.0 Å². The molecule has 0 aliphatic heterocycles. The molecule has 0 radical (unpaired) electrons. The van der Waals surface area contributed by atoms with E-state index in [0.29, 0.717) is 0 Å². The van der Waals surface area contributed by atoms with Gasteiger partial charge in [-0.15, -0.1) is 0 Å². The van der Waals surface area contributed by atoms with Crippen LogP contribution in [0.25, 0.3) is 0 Å². The molecule has 3 heteroatoms. The van der Waals surface area contributed by atoms with Crippen LogP contribution in [0.5, 0.6) is 0 Å². The van der Waals surface area contributed by atoms with Crippen molar-refractivity contribution >= 4 is 0 Å². The van der Waals surface area contributed by atoms with Gasteiger partial charge in [-0.05, 0) is 32.1 Å². The summed E-state index contributed by atoms with van der Waals surface area (Å²) < 4.78 is 2.22. The Balaban J connectivity index is 2.23. The highest BCUT2D eigenvalue weighted by atomic mass is 15.3. The van der Waals surface area contributed by atoms with Gasteiger partial charge in [-0.3, -0.25) is 4.68 Å². The van der Waals surface area contributed by atoms with E-state index in [4.69, 9.17) is 10.8 Å². The molecule has 2 rings (SSSR count). The molecule has 1 aromatic heterocycles. The maximum Gasteiger partial charge on any atom is 0.0672 e. The molecular weight excluding hydrogens is 210 g/mol. The molecule has 0 amide bonds. The zero-order chi connectivity index (χ0) is 12.4. The van der Waals surface area contributed by atoms with Crippen LogP contribution in [-0.2, 0) is 19.4 Å². The summed E-state index contributed by atoms with van der Waals surface area (Å²) in [7, 11) is 0. The number of aromatic nitrogens is 2. The summed E-state index contributed by atoms with van der Waals surface area (Å²) in [6, 6.07) is 0.106. The third-order valence-corrected chi connectivity index (χ3v) is 3.75. The van der Waals surface area contributed by atoms with Gasteiger partial charge in [0.2, 0.25) is 0 Å². The molecule has 0 aromatic carbocycles. The normalized spacial score (nSPS) is 17.4. The van der Waals surface area contributed by atoms with Crippen LogP contribution in [0.4, 0.5) is 0 Å². The lowest BCUT2D eigenvalue weighted by Gasteiger charge is -2.10. The summed E-state index contributed by atoms with van der Waals surface area (Å²) in [5, 5.41) is 4.76. The second kappa shape index (κ2) is 5.21. The van der Waals surface area contributed by atoms with Crippen LogP contribution in [0.15, 0.2) is 0 Å². The van der Waals surface area contributed by atoms with E-state index in [0.717, 1.165) is 25.3 Å². The van der Waals surface area contributed by atoms with Gasteiger partial charge in [0.1, 0.15) is 0 Å². The first kappa shape index (κ1) is 12.6. The third kappa shape index (κ3) is 2.71. The van der Waals surface area contributed by atoms with Crippen molar-refractivity contribution in [1.29, 1.82) is 0 Å². The molecule has 1 heterocycles. The Bertz CT molecular complexity index is 375. The monoisotopic (exact) mass is 235 g/mol. The lowest BCUT2D eigenvalue weighted by molar-refractivity contribution is 0.524. The molecule has 0 saturated heterocycles. The first-order valence-electron chi connectivity index (χ1n) is 7.01. The molecule has 0 spiro atoms. The van der Waals surface area contributed by atoms with Crippen molar-refractivity contribution in [2.24, 2.45) is 11.7 Å². The summed E-state index contributed by atoms with van der Waals surface area (Å²) >= 11 is 0. The van der Waals surface area contributed by atoms with E-state index in [1.54, 1.807) is 0 Å². The Morgan fingerprint density at radius 3 is 2.53 bits per heavy atom. The molecule has 1 aromatic rings. The van der Waals surface area contributed by atoms with E-state index in [1.807, 2.05) is 0 Å². The molecule has 3 nitrogen and oxygen atoms in total. The quantitative estimate of drug-likeness (QED) is 0.824. The van der Waals surface area contributed by atoms with Crippen LogP contribution in [0.3, 0.4) is 0 Å². The Hall–Kier alpha value is -0.830. The first-order chi connectivity index (χ1) is 8.17. The molecule has 1 aliphatic carbocycles. The van der Waals surface area contributed by atoms with Crippen LogP contribution in [0.2, 0.25) is 0 Å². The first-order valence-corrected chi connectivity index (χ1v) is 7.01. The van der Waals surface area contributed by atoms with Crippen LogP contribution in [-0.4, -0.2) is 9.78 Å². The maximum absolute atomic E-state index is 6.09. The predicted molar refractivity (Wildman–Crippen MR) is 70.9 cm³/mol. The molecule has 1 atom stereocenters. The van der Waals surface area contributed by atoms with Crippen molar-refractivity contribution in [2.75, 3.05) is 0 Å². The number of nitrogens with two attached hydrogens (primary N) is 1. The molecule has 1 aliphatic rings. The van der Waals surface area contributed by atoms with E-state index >= 15 is 0 Å². The van der Waals surface area contributed by atoms with Gasteiger partial charge in [-0.1, -0.05) is 26.7 Å². The molecule has 1 unspecified atom stereocenters. The number of rotatable bonds is 6. The van der Waals surface area contributed by atoms with Gasteiger partial charge in [-0.2, -0.15) is 5.10 Å². The summed E-state index contributed by atoms with van der Waals surface area (Å²) in [6.45, 7) is 7.52. The van der Waals surface area contributed by atoms with Crippen molar-refractivity contribution in [3.63, 3.8) is 0 Å². The van der Waals surface area contributed by atoms with Gasteiger partial charge in [0.25, 0.3) is 0 Å². The fourth-order valence-electron chi connectivity index (χ4n) is 2.62. The summed E-state index contributed by atoms with van der Waals surface area (Å²) in [5.74, 6) is 0.965. The van der Waals surface area contributed by atoms with Crippen LogP contribution in [0, 0.1) is 5.92 Å². The SMILES string of the molecule is CCc1nn(CCC2CC2)c(CC)c1C(C)N. The lowest BCUT2D eigenvalue weighted by atomic mass is 10.0. The van der Waals surface area contributed by atoms with Crippen LogP contribution < -0.4 is 5.73 Å². The molecule has 1 fully saturated rings. The second-order valence-electron chi connectivity index (χ2n) is 5.26. The number of hydrogen-bond acceptors (Lipinski definition) is 2. The van der Waals surface area contributed by atoms with Crippen molar-refractivity contribution in [2.45, 2.75) is 65.5 Å². The summed E-state index contributed by atoms with van der Waals surface area (Å²) in [6.07, 6.45) is 6.15. The number of nitrogens with zero attached hydrogens (tertiary/aromatic N) is 2. The molecular formula is C14H25N3. The Labute approximate surface area is 104 Å². The third-order valence-electron chi connectivity index (χ3n) is 3.75. The Kier molecular flexibility index (Phi) is 3.87. The lowest BCUT2D eigenvalue weighted by Crippen LogP contribution is -2.11. The maximum atomic E-state index is 6.09. The van der Waals surface area contributed by atoms with E-state index < -0.39 is 0 Å². The van der Waals surface area contributed by atoms with E-state index in [9.17, 15) is 0 Å². The minimum absolute atomic E-state index is 0.106. The Morgan fingerprint density at radius 1 is 1.35 bits per heavy atom. The minimum atomic E-state index is 0.106. The van der Waals surface area contributed by atoms with Gasteiger partial charge in [0.15, 0.2) is 0 Å². The van der Waals surface area contributed by atoms with E-state index in [-0.39, 0.29) is 6.04 Å². The topological polar surface area (TPSA) is 43.8 Å². The molecule has 0 bridgehead atoms. The largest absolute Gasteiger partial charge is 0.324 e. The standard InChI is InChI=1S/C14H25N3/c1-4-12-14(10(3)15)13(5-2)17(16-12)9-8-11-6-7-11/h10-11H,4-9,15H2,1-3H3. The van der Waals surface area contributed by atoms with Gasteiger partial charge >= 0.3 is 0 Å². The summed E-state index contributed by atoms with van der Waals surface area (Å²) in [4.78, 5) is 0. The Morgan fingerprint density at radius 2 is 2.06 bits per heavy atom. The number of hydrogen-bond donors (Lipinski definition) is 1.